The zero-order chi connectivity index (χ0) is 19.9. The fraction of sp³-hybridized carbons (Fsp3) is 0.913. The topological polar surface area (TPSA) is 29.5 Å². The Morgan fingerprint density at radius 2 is 1.56 bits per heavy atom. The normalized spacial score (nSPS) is 33.0. The van der Waals surface area contributed by atoms with Crippen LogP contribution in [0.3, 0.4) is 0 Å². The number of hydrogen-bond donors (Lipinski definition) is 1. The molecule has 2 nitrogen and oxygen atoms in total. The van der Waals surface area contributed by atoms with Crippen LogP contribution in [-0.2, 0) is 4.74 Å². The van der Waals surface area contributed by atoms with Crippen molar-refractivity contribution in [2.75, 3.05) is 9.52 Å². The van der Waals surface area contributed by atoms with Crippen LogP contribution in [0, 0.1) is 11.8 Å². The van der Waals surface area contributed by atoms with E-state index in [9.17, 15) is 5.11 Å². The molecule has 0 aliphatic carbocycles. The number of unbranched alkanes of at least 4 members (excludes halogenated alkanes) is 3. The fourth-order valence-electron chi connectivity index (χ4n) is 4.96. The van der Waals surface area contributed by atoms with Crippen LogP contribution in [-0.4, -0.2) is 50.8 Å². The molecule has 0 amide bonds. The van der Waals surface area contributed by atoms with Gasteiger partial charge in [-0.25, -0.2) is 0 Å². The third-order valence-corrected chi connectivity index (χ3v) is 27.8. The van der Waals surface area contributed by atoms with E-state index in [1.54, 1.807) is 13.3 Å². The molecule has 5 atom stereocenters. The molecule has 0 spiro atoms. The summed E-state index contributed by atoms with van der Waals surface area (Å²) in [6.45, 7) is 11.4. The van der Waals surface area contributed by atoms with Crippen molar-refractivity contribution in [1.29, 1.82) is 0 Å². The zero-order valence-electron chi connectivity index (χ0n) is 18.5. The van der Waals surface area contributed by atoms with E-state index in [4.69, 9.17) is 4.74 Å². The van der Waals surface area contributed by atoms with Crippen LogP contribution in [0.1, 0.15) is 73.1 Å². The molecule has 2 bridgehead atoms. The first kappa shape index (κ1) is 24.1. The van der Waals surface area contributed by atoms with Gasteiger partial charge in [0.2, 0.25) is 0 Å². The van der Waals surface area contributed by atoms with Gasteiger partial charge in [-0.05, 0) is 0 Å². The van der Waals surface area contributed by atoms with Crippen molar-refractivity contribution in [1.82, 2.24) is 0 Å². The second-order valence-electron chi connectivity index (χ2n) is 9.34. The molecular weight excluding hydrogens is 459 g/mol. The SMILES string of the molecule is CCC[CH2][Sn]([CH2]CCC)([CH2]CCC)[CH2]SC[C@@]12C=C[C@@H](O1)[C@H](C)[C@H](O)[C@@H]2C. The van der Waals surface area contributed by atoms with Crippen LogP contribution in [0.25, 0.3) is 0 Å². The Morgan fingerprint density at radius 1 is 1.00 bits per heavy atom. The van der Waals surface area contributed by atoms with E-state index >= 15 is 0 Å². The van der Waals surface area contributed by atoms with Crippen LogP contribution in [0.2, 0.25) is 13.3 Å². The predicted molar refractivity (Wildman–Crippen MR) is 123 cm³/mol. The second kappa shape index (κ2) is 11.3. The summed E-state index contributed by atoms with van der Waals surface area (Å²) in [7, 11) is 0. The fourth-order valence-corrected chi connectivity index (χ4v) is 26.6. The van der Waals surface area contributed by atoms with Crippen molar-refractivity contribution in [3.63, 3.8) is 0 Å². The summed E-state index contributed by atoms with van der Waals surface area (Å²) in [5.41, 5.74) is -0.223. The standard InChI is InChI=1S/C11H17O2S.3C4H9.Sn/c1-7-9-4-5-11(13-9,6-14-3)8(2)10(7)12;3*1-3-4-2;/h4-5,7-10,12H,3,6H2,1-2H3;3*1,3-4H2,2H3;/t7-,8-,9+,10-,11+;;;;/m0..../s1. The molecule has 158 valence electrons. The van der Waals surface area contributed by atoms with Gasteiger partial charge >= 0.3 is 178 Å². The van der Waals surface area contributed by atoms with Gasteiger partial charge in [-0.2, -0.15) is 0 Å². The Hall–Kier alpha value is 0.809. The van der Waals surface area contributed by atoms with Crippen LogP contribution < -0.4 is 0 Å². The number of ether oxygens (including phenoxy) is 1. The van der Waals surface area contributed by atoms with Crippen molar-refractivity contribution >= 4 is 30.1 Å². The first-order valence-electron chi connectivity index (χ1n) is 11.6. The molecule has 4 heteroatoms. The summed E-state index contributed by atoms with van der Waals surface area (Å²) in [4.78, 5) is 0. The molecule has 1 fully saturated rings. The van der Waals surface area contributed by atoms with E-state index < -0.39 is 18.4 Å². The summed E-state index contributed by atoms with van der Waals surface area (Å²) >= 11 is 0.103. The van der Waals surface area contributed by atoms with Crippen molar-refractivity contribution in [3.05, 3.63) is 12.2 Å². The van der Waals surface area contributed by atoms with E-state index in [1.165, 1.54) is 42.3 Å². The third kappa shape index (κ3) is 5.92. The van der Waals surface area contributed by atoms with Gasteiger partial charge in [0.1, 0.15) is 0 Å². The van der Waals surface area contributed by atoms with Gasteiger partial charge < -0.3 is 0 Å². The number of aliphatic hydroxyl groups excluding tert-OH is 1. The van der Waals surface area contributed by atoms with Gasteiger partial charge in [0, 0.05) is 0 Å². The monoisotopic (exact) mass is 504 g/mol. The Morgan fingerprint density at radius 3 is 2.07 bits per heavy atom. The molecule has 0 aromatic heterocycles. The molecular formula is C23H44O2SSn. The Balaban J connectivity index is 2.01. The van der Waals surface area contributed by atoms with Gasteiger partial charge in [-0.1, -0.05) is 0 Å². The molecule has 1 saturated heterocycles. The number of aliphatic hydroxyl groups is 1. The molecule has 2 aliphatic rings. The minimum absolute atomic E-state index is 0.116. The first-order valence-corrected chi connectivity index (χ1v) is 20.8. The number of hydrogen-bond acceptors (Lipinski definition) is 3. The molecule has 2 aliphatic heterocycles. The van der Waals surface area contributed by atoms with Crippen LogP contribution in [0.15, 0.2) is 12.2 Å². The summed E-state index contributed by atoms with van der Waals surface area (Å²) in [6.07, 6.45) is 12.8. The molecule has 2 heterocycles. The van der Waals surface area contributed by atoms with Crippen molar-refractivity contribution in [2.24, 2.45) is 11.8 Å². The molecule has 0 radical (unpaired) electrons. The van der Waals surface area contributed by atoms with Crippen molar-refractivity contribution in [2.45, 2.75) is 104 Å². The predicted octanol–water partition coefficient (Wildman–Crippen LogP) is 6.45. The maximum absolute atomic E-state index is 10.7. The molecule has 27 heavy (non-hydrogen) atoms. The zero-order valence-corrected chi connectivity index (χ0v) is 22.2. The van der Waals surface area contributed by atoms with Gasteiger partial charge in [0.25, 0.3) is 0 Å². The van der Waals surface area contributed by atoms with E-state index in [0.717, 1.165) is 5.75 Å². The van der Waals surface area contributed by atoms with Gasteiger partial charge in [-0.15, -0.1) is 0 Å². The Bertz CT molecular complexity index is 448. The molecule has 0 aromatic carbocycles. The van der Waals surface area contributed by atoms with E-state index in [1.807, 2.05) is 0 Å². The Labute approximate surface area is 177 Å². The average molecular weight is 503 g/mol. The van der Waals surface area contributed by atoms with Crippen LogP contribution in [0.5, 0.6) is 0 Å². The van der Waals surface area contributed by atoms with E-state index in [2.05, 4.69) is 58.5 Å². The molecule has 0 aromatic rings. The Kier molecular flexibility index (Phi) is 10.1. The summed E-state index contributed by atoms with van der Waals surface area (Å²) in [5.74, 6) is 1.45. The average Bonchev–Trinajstić information content (AvgIpc) is 3.09. The quantitative estimate of drug-likeness (QED) is 0.232. The molecule has 0 unspecified atom stereocenters. The van der Waals surface area contributed by atoms with E-state index in [-0.39, 0.29) is 29.6 Å². The van der Waals surface area contributed by atoms with Crippen molar-refractivity contribution < 1.29 is 9.84 Å². The summed E-state index contributed by atoms with van der Waals surface area (Å²) in [6, 6.07) is 0. The van der Waals surface area contributed by atoms with Crippen molar-refractivity contribution in [3.8, 4) is 0 Å². The first-order chi connectivity index (χ1) is 12.9. The van der Waals surface area contributed by atoms with E-state index in [0.29, 0.717) is 0 Å². The number of fused-ring (bicyclic) bond motifs is 2. The molecule has 1 N–H and O–H groups in total. The molecule has 0 saturated carbocycles. The maximum atomic E-state index is 10.7. The van der Waals surface area contributed by atoms with Crippen LogP contribution >= 0.6 is 11.8 Å². The van der Waals surface area contributed by atoms with Gasteiger partial charge in [0.05, 0.1) is 0 Å². The van der Waals surface area contributed by atoms with Crippen LogP contribution in [0.4, 0.5) is 0 Å². The van der Waals surface area contributed by atoms with Gasteiger partial charge in [0.15, 0.2) is 0 Å². The third-order valence-electron chi connectivity index (χ3n) is 7.18. The summed E-state index contributed by atoms with van der Waals surface area (Å²) < 4.78 is 12.7. The molecule has 2 rings (SSSR count). The minimum atomic E-state index is -2.08. The second-order valence-corrected chi connectivity index (χ2v) is 25.6. The van der Waals surface area contributed by atoms with Gasteiger partial charge in [-0.3, -0.25) is 0 Å². The summed E-state index contributed by atoms with van der Waals surface area (Å²) in [5, 5.41) is 10.7. The number of rotatable bonds is 13. The number of thioether (sulfide) groups is 1.